The minimum Gasteiger partial charge on any atom is -0.339 e. The second-order valence-corrected chi connectivity index (χ2v) is 7.57. The molecule has 2 aromatic rings. The molecular formula is C20H24N4O3S. The van der Waals surface area contributed by atoms with E-state index in [4.69, 9.17) is 0 Å². The average Bonchev–Trinajstić information content (AvgIpc) is 3.00. The van der Waals surface area contributed by atoms with Crippen molar-refractivity contribution in [2.45, 2.75) is 30.7 Å². The van der Waals surface area contributed by atoms with Crippen molar-refractivity contribution in [3.05, 3.63) is 52.1 Å². The van der Waals surface area contributed by atoms with E-state index in [1.54, 1.807) is 25.4 Å². The van der Waals surface area contributed by atoms with Crippen molar-refractivity contribution in [3.8, 4) is 0 Å². The number of thioether (sulfide) groups is 1. The maximum atomic E-state index is 12.9. The van der Waals surface area contributed by atoms with Crippen LogP contribution in [0.25, 0.3) is 0 Å². The molecule has 148 valence electrons. The minimum atomic E-state index is -0.422. The predicted octanol–water partition coefficient (Wildman–Crippen LogP) is 2.77. The molecule has 1 N–H and O–H groups in total. The maximum Gasteiger partial charge on any atom is 0.274 e. The van der Waals surface area contributed by atoms with Crippen molar-refractivity contribution >= 4 is 29.3 Å². The third kappa shape index (κ3) is 4.44. The molecular weight excluding hydrogens is 376 g/mol. The van der Waals surface area contributed by atoms with Crippen molar-refractivity contribution in [1.29, 1.82) is 0 Å². The number of hydrogen-bond acceptors (Lipinski definition) is 5. The van der Waals surface area contributed by atoms with Crippen LogP contribution < -0.4 is 10.9 Å². The van der Waals surface area contributed by atoms with Crippen LogP contribution in [0.15, 0.2) is 40.4 Å². The van der Waals surface area contributed by atoms with Gasteiger partial charge in [-0.25, -0.2) is 4.98 Å². The highest BCUT2D eigenvalue weighted by atomic mass is 32.2. The fourth-order valence-electron chi connectivity index (χ4n) is 3.29. The van der Waals surface area contributed by atoms with E-state index in [2.05, 4.69) is 10.3 Å². The second kappa shape index (κ2) is 9.05. The molecule has 0 spiro atoms. The Kier molecular flexibility index (Phi) is 6.51. The zero-order chi connectivity index (χ0) is 20.1. The molecule has 0 unspecified atom stereocenters. The molecule has 28 heavy (non-hydrogen) atoms. The summed E-state index contributed by atoms with van der Waals surface area (Å²) in [7, 11) is 1.58. The Balaban J connectivity index is 1.88. The summed E-state index contributed by atoms with van der Waals surface area (Å²) in [5, 5.41) is 3.23. The first kappa shape index (κ1) is 20.1. The number of rotatable bonds is 4. The standard InChI is InChI=1S/C20H24N4O3S/c1-23-13-14(19(26)24-10-5-3-4-6-11-24)12-16(20(23)27)22-17(25)15-8-7-9-21-18(15)28-2/h7-9,12-13H,3-6,10-11H2,1-2H3,(H,22,25). The first-order valence-corrected chi connectivity index (χ1v) is 10.5. The van der Waals surface area contributed by atoms with Gasteiger partial charge in [-0.2, -0.15) is 0 Å². The van der Waals surface area contributed by atoms with E-state index in [0.29, 0.717) is 16.2 Å². The van der Waals surface area contributed by atoms with E-state index in [1.165, 1.54) is 28.6 Å². The molecule has 0 bridgehead atoms. The molecule has 3 rings (SSSR count). The first-order chi connectivity index (χ1) is 13.5. The zero-order valence-electron chi connectivity index (χ0n) is 16.1. The Morgan fingerprint density at radius 2 is 1.89 bits per heavy atom. The first-order valence-electron chi connectivity index (χ1n) is 9.31. The van der Waals surface area contributed by atoms with Gasteiger partial charge in [-0.3, -0.25) is 14.4 Å². The van der Waals surface area contributed by atoms with Gasteiger partial charge in [0, 0.05) is 32.5 Å². The molecule has 0 aliphatic carbocycles. The molecule has 7 nitrogen and oxygen atoms in total. The predicted molar refractivity (Wildman–Crippen MR) is 110 cm³/mol. The summed E-state index contributed by atoms with van der Waals surface area (Å²) in [6, 6.07) is 4.81. The smallest absolute Gasteiger partial charge is 0.274 e. The minimum absolute atomic E-state index is 0.0871. The highest BCUT2D eigenvalue weighted by Crippen LogP contribution is 2.19. The summed E-state index contributed by atoms with van der Waals surface area (Å²) in [5.41, 5.74) is 0.510. The summed E-state index contributed by atoms with van der Waals surface area (Å²) >= 11 is 1.35. The van der Waals surface area contributed by atoms with Gasteiger partial charge in [0.2, 0.25) is 0 Å². The highest BCUT2D eigenvalue weighted by molar-refractivity contribution is 7.98. The van der Waals surface area contributed by atoms with Crippen LogP contribution in [0.5, 0.6) is 0 Å². The van der Waals surface area contributed by atoms with Crippen LogP contribution in [0.2, 0.25) is 0 Å². The summed E-state index contributed by atoms with van der Waals surface area (Å²) in [4.78, 5) is 44.1. The maximum absolute atomic E-state index is 12.9. The summed E-state index contributed by atoms with van der Waals surface area (Å²) in [6.07, 6.45) is 9.20. The van der Waals surface area contributed by atoms with Crippen LogP contribution in [0.3, 0.4) is 0 Å². The Morgan fingerprint density at radius 3 is 2.57 bits per heavy atom. The average molecular weight is 401 g/mol. The Bertz CT molecular complexity index is 933. The van der Waals surface area contributed by atoms with Crippen LogP contribution in [-0.4, -0.2) is 45.6 Å². The van der Waals surface area contributed by atoms with E-state index >= 15 is 0 Å². The van der Waals surface area contributed by atoms with E-state index in [9.17, 15) is 14.4 Å². The number of likely N-dealkylation sites (tertiary alicyclic amines) is 1. The van der Waals surface area contributed by atoms with Crippen molar-refractivity contribution in [3.63, 3.8) is 0 Å². The molecule has 0 saturated carbocycles. The third-order valence-electron chi connectivity index (χ3n) is 4.78. The van der Waals surface area contributed by atoms with E-state index in [1.807, 2.05) is 11.2 Å². The van der Waals surface area contributed by atoms with Crippen molar-refractivity contribution < 1.29 is 9.59 Å². The zero-order valence-corrected chi connectivity index (χ0v) is 16.9. The van der Waals surface area contributed by atoms with Crippen LogP contribution in [0.1, 0.15) is 46.4 Å². The number of nitrogens with one attached hydrogen (secondary N) is 1. The summed E-state index contributed by atoms with van der Waals surface area (Å²) < 4.78 is 1.33. The van der Waals surface area contributed by atoms with Gasteiger partial charge >= 0.3 is 0 Å². The lowest BCUT2D eigenvalue weighted by Crippen LogP contribution is -2.33. The Morgan fingerprint density at radius 1 is 1.18 bits per heavy atom. The second-order valence-electron chi connectivity index (χ2n) is 6.78. The lowest BCUT2D eigenvalue weighted by molar-refractivity contribution is 0.0760. The number of aromatic nitrogens is 2. The molecule has 1 aliphatic heterocycles. The SMILES string of the molecule is CSc1ncccc1C(=O)Nc1cc(C(=O)N2CCCCCC2)cn(C)c1=O. The fraction of sp³-hybridized carbons (Fsp3) is 0.400. The van der Waals surface area contributed by atoms with Gasteiger partial charge in [0.1, 0.15) is 10.7 Å². The highest BCUT2D eigenvalue weighted by Gasteiger charge is 2.20. The number of aryl methyl sites for hydroxylation is 1. The van der Waals surface area contributed by atoms with Gasteiger partial charge in [-0.15, -0.1) is 11.8 Å². The summed E-state index contributed by atoms with van der Waals surface area (Å²) in [6.45, 7) is 1.44. The number of carbonyl (C=O) groups excluding carboxylic acids is 2. The number of nitrogens with zero attached hydrogens (tertiary/aromatic N) is 3. The lowest BCUT2D eigenvalue weighted by Gasteiger charge is -2.21. The van der Waals surface area contributed by atoms with Crippen molar-refractivity contribution in [1.82, 2.24) is 14.5 Å². The van der Waals surface area contributed by atoms with Gasteiger partial charge in [-0.1, -0.05) is 12.8 Å². The summed E-state index contributed by atoms with van der Waals surface area (Å²) in [5.74, 6) is -0.534. The molecule has 1 aliphatic rings. The number of amides is 2. The number of anilines is 1. The van der Waals surface area contributed by atoms with Gasteiger partial charge in [0.05, 0.1) is 11.1 Å². The van der Waals surface area contributed by atoms with Crippen LogP contribution in [0.4, 0.5) is 5.69 Å². The number of pyridine rings is 2. The molecule has 0 atom stereocenters. The largest absolute Gasteiger partial charge is 0.339 e. The van der Waals surface area contributed by atoms with E-state index in [-0.39, 0.29) is 17.2 Å². The molecule has 1 fully saturated rings. The topological polar surface area (TPSA) is 84.3 Å². The fourth-order valence-corrected chi connectivity index (χ4v) is 3.84. The van der Waals surface area contributed by atoms with Gasteiger partial charge in [-0.05, 0) is 37.3 Å². The molecule has 2 aromatic heterocycles. The monoisotopic (exact) mass is 400 g/mol. The van der Waals surface area contributed by atoms with Crippen molar-refractivity contribution in [2.75, 3.05) is 24.7 Å². The van der Waals surface area contributed by atoms with Crippen LogP contribution in [0, 0.1) is 0 Å². The molecule has 2 amide bonds. The normalized spacial score (nSPS) is 14.4. The lowest BCUT2D eigenvalue weighted by atomic mass is 10.2. The number of carbonyl (C=O) groups is 2. The van der Waals surface area contributed by atoms with Gasteiger partial charge in [0.25, 0.3) is 17.4 Å². The van der Waals surface area contributed by atoms with E-state index in [0.717, 1.165) is 38.8 Å². The third-order valence-corrected chi connectivity index (χ3v) is 5.49. The van der Waals surface area contributed by atoms with Gasteiger partial charge < -0.3 is 14.8 Å². The molecule has 8 heteroatoms. The van der Waals surface area contributed by atoms with E-state index < -0.39 is 5.91 Å². The molecule has 0 aromatic carbocycles. The molecule has 0 radical (unpaired) electrons. The Labute approximate surface area is 168 Å². The number of hydrogen-bond donors (Lipinski definition) is 1. The van der Waals surface area contributed by atoms with Gasteiger partial charge in [0.15, 0.2) is 0 Å². The Hall–Kier alpha value is -2.61. The van der Waals surface area contributed by atoms with Crippen molar-refractivity contribution in [2.24, 2.45) is 7.05 Å². The molecule has 1 saturated heterocycles. The quantitative estimate of drug-likeness (QED) is 0.798. The van der Waals surface area contributed by atoms with Crippen LogP contribution in [-0.2, 0) is 7.05 Å². The molecule has 3 heterocycles. The van der Waals surface area contributed by atoms with Crippen LogP contribution >= 0.6 is 11.8 Å².